The molecule has 1 N–H and O–H groups in total. The van der Waals surface area contributed by atoms with E-state index in [1.165, 1.54) is 11.3 Å². The maximum atomic E-state index is 14.1. The summed E-state index contributed by atoms with van der Waals surface area (Å²) >= 11 is 1.50. The Morgan fingerprint density at radius 1 is 1.40 bits per heavy atom. The number of alkyl halides is 1. The maximum Gasteiger partial charge on any atom is 0.188 e. The van der Waals surface area contributed by atoms with Crippen LogP contribution in [0.25, 0.3) is 0 Å². The number of aryl methyl sites for hydroxylation is 1. The van der Waals surface area contributed by atoms with E-state index in [0.29, 0.717) is 11.4 Å². The number of nitrogens with zero attached hydrogens (tertiary/aromatic N) is 2. The van der Waals surface area contributed by atoms with Crippen LogP contribution in [0.3, 0.4) is 0 Å². The third-order valence-corrected chi connectivity index (χ3v) is 3.75. The van der Waals surface area contributed by atoms with Crippen molar-refractivity contribution in [2.45, 2.75) is 26.4 Å². The van der Waals surface area contributed by atoms with Gasteiger partial charge in [0.15, 0.2) is 5.13 Å². The third kappa shape index (κ3) is 3.22. The highest BCUT2D eigenvalue weighted by molar-refractivity contribution is 7.13. The Balaban J connectivity index is 2.39. The summed E-state index contributed by atoms with van der Waals surface area (Å²) in [7, 11) is 1.71. The molecule has 0 aliphatic carbocycles. The fraction of sp³-hybridized carbons (Fsp3) is 0.333. The van der Waals surface area contributed by atoms with Crippen molar-refractivity contribution >= 4 is 22.3 Å². The first-order chi connectivity index (χ1) is 9.41. The second kappa shape index (κ2) is 5.71. The van der Waals surface area contributed by atoms with Crippen LogP contribution in [-0.2, 0) is 5.67 Å². The van der Waals surface area contributed by atoms with Gasteiger partial charge in [-0.15, -0.1) is 11.3 Å². The molecule has 1 heterocycles. The molecular formula is C15H18FN3S. The van der Waals surface area contributed by atoms with E-state index in [1.807, 2.05) is 30.5 Å². The first-order valence-corrected chi connectivity index (χ1v) is 7.23. The van der Waals surface area contributed by atoms with E-state index in [-0.39, 0.29) is 0 Å². The molecule has 0 bridgehead atoms. The van der Waals surface area contributed by atoms with E-state index in [0.717, 1.165) is 16.3 Å². The summed E-state index contributed by atoms with van der Waals surface area (Å²) in [5.41, 5.74) is 1.21. The normalized spacial score (nSPS) is 12.6. The number of benzene rings is 1. The van der Waals surface area contributed by atoms with E-state index in [1.54, 1.807) is 27.1 Å². The van der Waals surface area contributed by atoms with Gasteiger partial charge in [0.25, 0.3) is 0 Å². The minimum atomic E-state index is -1.37. The van der Waals surface area contributed by atoms with Crippen LogP contribution in [0.1, 0.15) is 30.5 Å². The number of thiazole rings is 1. The molecule has 0 radical (unpaired) electrons. The molecule has 1 aromatic heterocycles. The lowest BCUT2D eigenvalue weighted by Crippen LogP contribution is -2.17. The van der Waals surface area contributed by atoms with E-state index in [2.05, 4.69) is 15.3 Å². The third-order valence-electron chi connectivity index (χ3n) is 3.06. The largest absolute Gasteiger partial charge is 0.316 e. The Morgan fingerprint density at radius 2 is 2.15 bits per heavy atom. The van der Waals surface area contributed by atoms with Gasteiger partial charge in [-0.05, 0) is 38.0 Å². The lowest BCUT2D eigenvalue weighted by atomic mass is 9.95. The van der Waals surface area contributed by atoms with Gasteiger partial charge in [0.1, 0.15) is 11.5 Å². The summed E-state index contributed by atoms with van der Waals surface area (Å²) in [6.45, 7) is 5.09. The minimum Gasteiger partial charge on any atom is -0.316 e. The number of aromatic nitrogens is 1. The second-order valence-electron chi connectivity index (χ2n) is 5.04. The Kier molecular flexibility index (Phi) is 4.18. The van der Waals surface area contributed by atoms with E-state index >= 15 is 0 Å². The second-order valence-corrected chi connectivity index (χ2v) is 5.93. The predicted molar refractivity (Wildman–Crippen MR) is 83.5 cm³/mol. The van der Waals surface area contributed by atoms with Crippen LogP contribution in [0.5, 0.6) is 0 Å². The zero-order valence-electron chi connectivity index (χ0n) is 12.1. The molecule has 20 heavy (non-hydrogen) atoms. The zero-order chi connectivity index (χ0) is 14.8. The summed E-state index contributed by atoms with van der Waals surface area (Å²) < 4.78 is 14.1. The first-order valence-electron chi connectivity index (χ1n) is 6.35. The molecule has 2 aromatic rings. The van der Waals surface area contributed by atoms with E-state index < -0.39 is 5.67 Å². The summed E-state index contributed by atoms with van der Waals surface area (Å²) in [4.78, 5) is 8.45. The highest BCUT2D eigenvalue weighted by Gasteiger charge is 2.20. The zero-order valence-corrected chi connectivity index (χ0v) is 12.9. The molecule has 0 amide bonds. The fourth-order valence-electron chi connectivity index (χ4n) is 1.88. The lowest BCUT2D eigenvalue weighted by molar-refractivity contribution is 0.221. The monoisotopic (exact) mass is 291 g/mol. The molecule has 106 valence electrons. The average Bonchev–Trinajstić information content (AvgIpc) is 2.88. The molecule has 5 heteroatoms. The quantitative estimate of drug-likeness (QED) is 0.681. The predicted octanol–water partition coefficient (Wildman–Crippen LogP) is 4.14. The Bertz CT molecular complexity index is 613. The van der Waals surface area contributed by atoms with Gasteiger partial charge in [0, 0.05) is 24.2 Å². The molecule has 2 rings (SSSR count). The molecule has 1 aromatic carbocycles. The van der Waals surface area contributed by atoms with Gasteiger partial charge in [0.2, 0.25) is 0 Å². The van der Waals surface area contributed by atoms with Gasteiger partial charge in [-0.3, -0.25) is 4.99 Å². The van der Waals surface area contributed by atoms with Crippen molar-refractivity contribution in [1.29, 1.82) is 0 Å². The topological polar surface area (TPSA) is 37.3 Å². The summed E-state index contributed by atoms with van der Waals surface area (Å²) in [5.74, 6) is 0.698. The smallest absolute Gasteiger partial charge is 0.188 e. The average molecular weight is 291 g/mol. The van der Waals surface area contributed by atoms with Crippen molar-refractivity contribution in [3.05, 3.63) is 46.5 Å². The van der Waals surface area contributed by atoms with Crippen LogP contribution in [0, 0.1) is 6.92 Å². The summed E-state index contributed by atoms with van der Waals surface area (Å²) in [5, 5.41) is 5.84. The Hall–Kier alpha value is -1.75. The number of hydrogen-bond donors (Lipinski definition) is 1. The van der Waals surface area contributed by atoms with Crippen molar-refractivity contribution < 1.29 is 4.39 Å². The number of hydrogen-bond acceptors (Lipinski definition) is 3. The van der Waals surface area contributed by atoms with Crippen molar-refractivity contribution in [2.75, 3.05) is 12.4 Å². The molecule has 0 spiro atoms. The van der Waals surface area contributed by atoms with Gasteiger partial charge in [-0.2, -0.15) is 0 Å². The number of halogens is 1. The van der Waals surface area contributed by atoms with Crippen LogP contribution in [-0.4, -0.2) is 17.9 Å². The summed E-state index contributed by atoms with van der Waals surface area (Å²) in [6.07, 6.45) is 1.73. The van der Waals surface area contributed by atoms with Gasteiger partial charge in [0.05, 0.1) is 0 Å². The SMILES string of the molecule is CN=C(Nc1nccs1)c1cc(C(C)(C)F)ccc1C. The van der Waals surface area contributed by atoms with E-state index in [9.17, 15) is 4.39 Å². The molecule has 3 nitrogen and oxygen atoms in total. The van der Waals surface area contributed by atoms with Gasteiger partial charge in [-0.1, -0.05) is 12.1 Å². The highest BCUT2D eigenvalue weighted by atomic mass is 32.1. The van der Waals surface area contributed by atoms with Crippen LogP contribution < -0.4 is 5.32 Å². The van der Waals surface area contributed by atoms with Crippen LogP contribution in [0.15, 0.2) is 34.8 Å². The van der Waals surface area contributed by atoms with Gasteiger partial charge < -0.3 is 5.32 Å². The first kappa shape index (κ1) is 14.7. The molecule has 0 fully saturated rings. The Labute approximate surface area is 122 Å². The van der Waals surface area contributed by atoms with Crippen molar-refractivity contribution in [2.24, 2.45) is 4.99 Å². The molecule has 0 aliphatic rings. The van der Waals surface area contributed by atoms with Crippen LogP contribution in [0.2, 0.25) is 0 Å². The summed E-state index contributed by atoms with van der Waals surface area (Å²) in [6, 6.07) is 5.58. The molecule has 0 atom stereocenters. The number of aliphatic imine (C=N–C) groups is 1. The molecule has 0 aliphatic heterocycles. The number of anilines is 1. The Morgan fingerprint density at radius 3 is 2.70 bits per heavy atom. The van der Waals surface area contributed by atoms with Gasteiger partial charge in [-0.25, -0.2) is 9.37 Å². The number of rotatable bonds is 3. The number of nitrogens with one attached hydrogen (secondary N) is 1. The van der Waals surface area contributed by atoms with Crippen molar-refractivity contribution in [1.82, 2.24) is 4.98 Å². The fourth-order valence-corrected chi connectivity index (χ4v) is 2.40. The van der Waals surface area contributed by atoms with Crippen molar-refractivity contribution in [3.63, 3.8) is 0 Å². The lowest BCUT2D eigenvalue weighted by Gasteiger charge is -2.18. The maximum absolute atomic E-state index is 14.1. The molecule has 0 unspecified atom stereocenters. The van der Waals surface area contributed by atoms with Crippen LogP contribution >= 0.6 is 11.3 Å². The van der Waals surface area contributed by atoms with Gasteiger partial charge >= 0.3 is 0 Å². The molecular weight excluding hydrogens is 273 g/mol. The molecule has 0 saturated heterocycles. The van der Waals surface area contributed by atoms with Crippen molar-refractivity contribution in [3.8, 4) is 0 Å². The van der Waals surface area contributed by atoms with Crippen LogP contribution in [0.4, 0.5) is 9.52 Å². The van der Waals surface area contributed by atoms with E-state index in [4.69, 9.17) is 0 Å². The number of amidine groups is 1. The molecule has 0 saturated carbocycles. The minimum absolute atomic E-state index is 0.639. The highest BCUT2D eigenvalue weighted by Crippen LogP contribution is 2.27. The standard InChI is InChI=1S/C15H18FN3S/c1-10-5-6-11(15(2,3)16)9-12(10)13(17-4)19-14-18-7-8-20-14/h5-9H,1-4H3,(H,17,18,19).